The van der Waals surface area contributed by atoms with E-state index in [0.29, 0.717) is 12.0 Å². The molecule has 5 nitrogen and oxygen atoms in total. The Morgan fingerprint density at radius 1 is 1.19 bits per heavy atom. The van der Waals surface area contributed by atoms with Crippen LogP contribution in [0, 0.1) is 5.41 Å². The number of carboxylic acid groups (broad SMARTS) is 1. The van der Waals surface area contributed by atoms with Crippen LogP contribution in [0.1, 0.15) is 42.6 Å². The van der Waals surface area contributed by atoms with Crippen LogP contribution in [0.4, 0.5) is 4.79 Å². The Bertz CT molecular complexity index is 513. The Balaban J connectivity index is 1.81. The third kappa shape index (κ3) is 3.35. The Labute approximate surface area is 125 Å². The molecule has 2 N–H and O–H groups in total. The van der Waals surface area contributed by atoms with Gasteiger partial charge in [-0.05, 0) is 30.5 Å². The van der Waals surface area contributed by atoms with Crippen molar-refractivity contribution in [3.63, 3.8) is 0 Å². The van der Waals surface area contributed by atoms with Gasteiger partial charge in [-0.15, -0.1) is 0 Å². The highest BCUT2D eigenvalue weighted by atomic mass is 16.4. The van der Waals surface area contributed by atoms with Crippen molar-refractivity contribution in [2.24, 2.45) is 5.41 Å². The molecule has 2 amide bonds. The number of carboxylic acids is 1. The Morgan fingerprint density at radius 2 is 1.76 bits per heavy atom. The van der Waals surface area contributed by atoms with Gasteiger partial charge in [-0.25, -0.2) is 9.59 Å². The summed E-state index contributed by atoms with van der Waals surface area (Å²) in [6.45, 7) is 6.40. The maximum atomic E-state index is 12.0. The Hall–Kier alpha value is -2.04. The molecular weight excluding hydrogens is 268 g/mol. The van der Waals surface area contributed by atoms with E-state index >= 15 is 0 Å². The number of likely N-dealkylation sites (tertiary alicyclic amines) is 1. The largest absolute Gasteiger partial charge is 0.478 e. The van der Waals surface area contributed by atoms with Crippen molar-refractivity contribution in [1.82, 2.24) is 10.2 Å². The van der Waals surface area contributed by atoms with E-state index in [4.69, 9.17) is 5.11 Å². The first-order valence-electron chi connectivity index (χ1n) is 7.34. The summed E-state index contributed by atoms with van der Waals surface area (Å²) in [5.74, 6) is -0.943. The molecule has 1 saturated heterocycles. The lowest BCUT2D eigenvalue weighted by Gasteiger charge is -2.49. The molecule has 114 valence electrons. The summed E-state index contributed by atoms with van der Waals surface area (Å²) in [6.07, 6.45) is 2.20. The summed E-state index contributed by atoms with van der Waals surface area (Å²) in [4.78, 5) is 24.6. The molecule has 0 radical (unpaired) electrons. The van der Waals surface area contributed by atoms with Crippen molar-refractivity contribution < 1.29 is 14.7 Å². The van der Waals surface area contributed by atoms with Crippen LogP contribution in [0.2, 0.25) is 0 Å². The van der Waals surface area contributed by atoms with E-state index in [9.17, 15) is 9.59 Å². The number of hydrogen-bond donors (Lipinski definition) is 2. The molecule has 21 heavy (non-hydrogen) atoms. The summed E-state index contributed by atoms with van der Waals surface area (Å²) < 4.78 is 0. The van der Waals surface area contributed by atoms with Gasteiger partial charge in [0, 0.05) is 25.0 Å². The second-order valence-electron chi connectivity index (χ2n) is 5.72. The fourth-order valence-corrected chi connectivity index (χ4v) is 2.66. The van der Waals surface area contributed by atoms with Gasteiger partial charge in [0.05, 0.1) is 5.56 Å². The van der Waals surface area contributed by atoms with E-state index in [1.54, 1.807) is 24.3 Å². The SMILES string of the molecule is CCC1(CC)CN(C(=O)NCc2ccc(C(=O)O)cc2)C1. The van der Waals surface area contributed by atoms with E-state index in [2.05, 4.69) is 19.2 Å². The first kappa shape index (κ1) is 15.4. The molecule has 0 aromatic heterocycles. The van der Waals surface area contributed by atoms with Gasteiger partial charge in [0.2, 0.25) is 0 Å². The quantitative estimate of drug-likeness (QED) is 0.876. The van der Waals surface area contributed by atoms with E-state index in [0.717, 1.165) is 31.5 Å². The highest BCUT2D eigenvalue weighted by Gasteiger charge is 2.42. The zero-order chi connectivity index (χ0) is 15.5. The van der Waals surface area contributed by atoms with Gasteiger partial charge >= 0.3 is 12.0 Å². The number of urea groups is 1. The van der Waals surface area contributed by atoms with Crippen LogP contribution < -0.4 is 5.32 Å². The summed E-state index contributed by atoms with van der Waals surface area (Å²) in [6, 6.07) is 6.50. The van der Waals surface area contributed by atoms with Gasteiger partial charge < -0.3 is 15.3 Å². The standard InChI is InChI=1S/C16H22N2O3/c1-3-16(4-2)10-18(11-16)15(21)17-9-12-5-7-13(8-6-12)14(19)20/h5-8H,3-4,9-11H2,1-2H3,(H,17,21)(H,19,20). The average molecular weight is 290 g/mol. The lowest BCUT2D eigenvalue weighted by Crippen LogP contribution is -2.60. The van der Waals surface area contributed by atoms with E-state index < -0.39 is 5.97 Å². The zero-order valence-corrected chi connectivity index (χ0v) is 12.6. The van der Waals surface area contributed by atoms with Crippen LogP contribution in [0.25, 0.3) is 0 Å². The molecule has 1 aliphatic rings. The molecule has 1 fully saturated rings. The van der Waals surface area contributed by atoms with E-state index in [1.165, 1.54) is 0 Å². The fraction of sp³-hybridized carbons (Fsp3) is 0.500. The predicted octanol–water partition coefficient (Wildman–Crippen LogP) is 2.72. The lowest BCUT2D eigenvalue weighted by molar-refractivity contribution is 0.0246. The van der Waals surface area contributed by atoms with Crippen molar-refractivity contribution >= 4 is 12.0 Å². The number of rotatable bonds is 5. The molecule has 0 unspecified atom stereocenters. The van der Waals surface area contributed by atoms with Crippen molar-refractivity contribution in [3.8, 4) is 0 Å². The topological polar surface area (TPSA) is 69.6 Å². The molecule has 0 aliphatic carbocycles. The summed E-state index contributed by atoms with van der Waals surface area (Å²) >= 11 is 0. The smallest absolute Gasteiger partial charge is 0.335 e. The molecule has 1 heterocycles. The molecule has 1 aromatic rings. The first-order chi connectivity index (χ1) is 9.99. The number of carbonyl (C=O) groups excluding carboxylic acids is 1. The molecule has 0 spiro atoms. The summed E-state index contributed by atoms with van der Waals surface area (Å²) in [5.41, 5.74) is 1.45. The average Bonchev–Trinajstić information content (AvgIpc) is 2.45. The van der Waals surface area contributed by atoms with E-state index in [1.807, 2.05) is 4.90 Å². The van der Waals surface area contributed by atoms with Crippen molar-refractivity contribution in [3.05, 3.63) is 35.4 Å². The van der Waals surface area contributed by atoms with Crippen LogP contribution in [0.5, 0.6) is 0 Å². The molecule has 5 heteroatoms. The first-order valence-corrected chi connectivity index (χ1v) is 7.34. The molecule has 2 rings (SSSR count). The monoisotopic (exact) mass is 290 g/mol. The van der Waals surface area contributed by atoms with Gasteiger partial charge in [-0.1, -0.05) is 26.0 Å². The third-order valence-electron chi connectivity index (χ3n) is 4.48. The summed E-state index contributed by atoms with van der Waals surface area (Å²) in [5, 5.41) is 11.7. The second-order valence-corrected chi connectivity index (χ2v) is 5.72. The zero-order valence-electron chi connectivity index (χ0n) is 12.6. The number of nitrogens with zero attached hydrogens (tertiary/aromatic N) is 1. The maximum Gasteiger partial charge on any atom is 0.335 e. The number of hydrogen-bond acceptors (Lipinski definition) is 2. The van der Waals surface area contributed by atoms with Crippen LogP contribution >= 0.6 is 0 Å². The van der Waals surface area contributed by atoms with Gasteiger partial charge in [0.25, 0.3) is 0 Å². The molecule has 0 bridgehead atoms. The van der Waals surface area contributed by atoms with Crippen LogP contribution in [0.15, 0.2) is 24.3 Å². The number of aromatic carboxylic acids is 1. The number of carbonyl (C=O) groups is 2. The number of nitrogens with one attached hydrogen (secondary N) is 1. The van der Waals surface area contributed by atoms with Crippen molar-refractivity contribution in [2.45, 2.75) is 33.2 Å². The molecular formula is C16H22N2O3. The maximum absolute atomic E-state index is 12.0. The minimum absolute atomic E-state index is 0.0464. The molecule has 1 aliphatic heterocycles. The van der Waals surface area contributed by atoms with E-state index in [-0.39, 0.29) is 11.6 Å². The number of benzene rings is 1. The summed E-state index contributed by atoms with van der Waals surface area (Å²) in [7, 11) is 0. The molecule has 0 saturated carbocycles. The van der Waals surface area contributed by atoms with Gasteiger partial charge in [0.1, 0.15) is 0 Å². The fourth-order valence-electron chi connectivity index (χ4n) is 2.66. The molecule has 1 aromatic carbocycles. The van der Waals surface area contributed by atoms with Crippen LogP contribution in [-0.2, 0) is 6.54 Å². The molecule has 0 atom stereocenters. The minimum atomic E-state index is -0.943. The predicted molar refractivity (Wildman–Crippen MR) is 80.2 cm³/mol. The van der Waals surface area contributed by atoms with Crippen LogP contribution in [-0.4, -0.2) is 35.1 Å². The van der Waals surface area contributed by atoms with Crippen molar-refractivity contribution in [2.75, 3.05) is 13.1 Å². The van der Waals surface area contributed by atoms with Gasteiger partial charge in [-0.2, -0.15) is 0 Å². The lowest BCUT2D eigenvalue weighted by atomic mass is 9.75. The number of amides is 2. The third-order valence-corrected chi connectivity index (χ3v) is 4.48. The van der Waals surface area contributed by atoms with Gasteiger partial charge in [-0.3, -0.25) is 0 Å². The highest BCUT2D eigenvalue weighted by Crippen LogP contribution is 2.36. The Morgan fingerprint density at radius 3 is 2.24 bits per heavy atom. The van der Waals surface area contributed by atoms with Crippen LogP contribution in [0.3, 0.4) is 0 Å². The van der Waals surface area contributed by atoms with Gasteiger partial charge in [0.15, 0.2) is 0 Å². The minimum Gasteiger partial charge on any atom is -0.478 e. The van der Waals surface area contributed by atoms with Crippen molar-refractivity contribution in [1.29, 1.82) is 0 Å². The Kier molecular flexibility index (Phi) is 4.50. The highest BCUT2D eigenvalue weighted by molar-refractivity contribution is 5.87. The normalized spacial score (nSPS) is 16.2. The second kappa shape index (κ2) is 6.16.